The van der Waals surface area contributed by atoms with Crippen LogP contribution >= 0.6 is 0 Å². The van der Waals surface area contributed by atoms with Crippen molar-refractivity contribution in [3.8, 4) is 0 Å². The van der Waals surface area contributed by atoms with E-state index in [2.05, 4.69) is 10.6 Å². The van der Waals surface area contributed by atoms with E-state index >= 15 is 0 Å². The Kier molecular flexibility index (Phi) is 3.46. The number of urea groups is 2. The Labute approximate surface area is 147 Å². The molecule has 134 valence electrons. The fraction of sp³-hybridized carbons (Fsp3) is 0.294. The molecule has 26 heavy (non-hydrogen) atoms. The first-order valence-corrected chi connectivity index (χ1v) is 8.11. The number of carbonyl (C=O) groups excluding carboxylic acids is 4. The fourth-order valence-electron chi connectivity index (χ4n) is 3.17. The van der Waals surface area contributed by atoms with Crippen molar-refractivity contribution in [3.63, 3.8) is 0 Å². The van der Waals surface area contributed by atoms with Gasteiger partial charge in [-0.2, -0.15) is 0 Å². The van der Waals surface area contributed by atoms with Crippen molar-refractivity contribution in [1.29, 1.82) is 0 Å². The molecular weight excluding hydrogens is 340 g/mol. The Bertz CT molecular complexity index is 919. The Hall–Kier alpha value is -3.36. The van der Waals surface area contributed by atoms with E-state index in [1.165, 1.54) is 6.92 Å². The van der Waals surface area contributed by atoms with E-state index in [4.69, 9.17) is 4.42 Å². The maximum absolute atomic E-state index is 12.9. The lowest BCUT2D eigenvalue weighted by molar-refractivity contribution is -0.137. The van der Waals surface area contributed by atoms with Gasteiger partial charge in [0.05, 0.1) is 0 Å². The predicted molar refractivity (Wildman–Crippen MR) is 88.9 cm³/mol. The quantitative estimate of drug-likeness (QED) is 0.788. The molecule has 0 bridgehead atoms. The molecule has 1 aromatic heterocycles. The number of furan rings is 1. The number of benzene rings is 1. The van der Waals surface area contributed by atoms with Crippen molar-refractivity contribution in [2.45, 2.75) is 12.5 Å². The summed E-state index contributed by atoms with van der Waals surface area (Å²) in [5, 5.41) is 5.89. The van der Waals surface area contributed by atoms with Gasteiger partial charge in [0.25, 0.3) is 11.8 Å². The van der Waals surface area contributed by atoms with Gasteiger partial charge in [0.1, 0.15) is 17.9 Å². The van der Waals surface area contributed by atoms with Gasteiger partial charge < -0.3 is 15.1 Å². The minimum atomic E-state index is -1.41. The summed E-state index contributed by atoms with van der Waals surface area (Å²) in [6.07, 6.45) is 0. The summed E-state index contributed by atoms with van der Waals surface area (Å²) in [6, 6.07) is 7.70. The molecule has 1 atom stereocenters. The number of imide groups is 2. The maximum atomic E-state index is 12.9. The van der Waals surface area contributed by atoms with Crippen LogP contribution in [0.4, 0.5) is 9.59 Å². The van der Waals surface area contributed by atoms with Gasteiger partial charge in [-0.15, -0.1) is 0 Å². The molecule has 0 radical (unpaired) electrons. The molecule has 9 nitrogen and oxygen atoms in total. The van der Waals surface area contributed by atoms with E-state index in [-0.39, 0.29) is 12.3 Å². The maximum Gasteiger partial charge on any atom is 0.325 e. The van der Waals surface area contributed by atoms with E-state index in [9.17, 15) is 19.2 Å². The minimum absolute atomic E-state index is 0.210. The normalized spacial score (nSPS) is 22.9. The average Bonchev–Trinajstić information content (AvgIpc) is 3.29. The first-order chi connectivity index (χ1) is 12.4. The van der Waals surface area contributed by atoms with Crippen molar-refractivity contribution < 1.29 is 23.6 Å². The van der Waals surface area contributed by atoms with Gasteiger partial charge in [-0.3, -0.25) is 19.4 Å². The molecular formula is C17H16N4O5. The second kappa shape index (κ2) is 5.58. The largest absolute Gasteiger partial charge is 0.458 e. The summed E-state index contributed by atoms with van der Waals surface area (Å²) in [5.41, 5.74) is -0.821. The van der Waals surface area contributed by atoms with Crippen LogP contribution in [0.5, 0.6) is 0 Å². The lowest BCUT2D eigenvalue weighted by atomic mass is 9.99. The molecule has 2 aliphatic rings. The SMILES string of the molecule is CC1(c2cc3ccccc3o2)NC(=O)N(CC(=O)N2CCNC2=O)C1=O. The predicted octanol–water partition coefficient (Wildman–Crippen LogP) is 0.752. The van der Waals surface area contributed by atoms with Crippen molar-refractivity contribution >= 4 is 34.8 Å². The number of fused-ring (bicyclic) bond motifs is 1. The zero-order valence-electron chi connectivity index (χ0n) is 13.9. The third kappa shape index (κ3) is 2.32. The monoisotopic (exact) mass is 356 g/mol. The van der Waals surface area contributed by atoms with Crippen LogP contribution in [-0.2, 0) is 15.1 Å². The zero-order chi connectivity index (χ0) is 18.5. The molecule has 2 N–H and O–H groups in total. The Morgan fingerprint density at radius 3 is 2.69 bits per heavy atom. The molecule has 2 aromatic rings. The molecule has 2 saturated heterocycles. The molecule has 9 heteroatoms. The topological polar surface area (TPSA) is 112 Å². The van der Waals surface area contributed by atoms with Gasteiger partial charge in [-0.25, -0.2) is 9.59 Å². The van der Waals surface area contributed by atoms with Crippen LogP contribution in [0, 0.1) is 0 Å². The number of hydrogen-bond donors (Lipinski definition) is 2. The van der Waals surface area contributed by atoms with E-state index in [1.807, 2.05) is 12.1 Å². The Morgan fingerprint density at radius 1 is 1.23 bits per heavy atom. The standard InChI is InChI=1S/C17H16N4O5/c1-17(12-8-10-4-2-3-5-11(10)26-12)14(23)21(16(25)19-17)9-13(22)20-7-6-18-15(20)24/h2-5,8H,6-7,9H2,1H3,(H,18,24)(H,19,25). The van der Waals surface area contributed by atoms with Crippen LogP contribution in [0.25, 0.3) is 11.0 Å². The van der Waals surface area contributed by atoms with Crippen molar-refractivity contribution in [3.05, 3.63) is 36.1 Å². The molecule has 1 aromatic carbocycles. The molecule has 3 heterocycles. The van der Waals surface area contributed by atoms with E-state index in [0.29, 0.717) is 12.1 Å². The number of carbonyl (C=O) groups is 4. The lowest BCUT2D eigenvalue weighted by Gasteiger charge is -2.20. The highest BCUT2D eigenvalue weighted by Gasteiger charge is 2.52. The third-order valence-corrected chi connectivity index (χ3v) is 4.64. The highest BCUT2D eigenvalue weighted by Crippen LogP contribution is 2.33. The second-order valence-electron chi connectivity index (χ2n) is 6.37. The van der Waals surface area contributed by atoms with E-state index < -0.39 is 36.0 Å². The molecule has 0 spiro atoms. The number of nitrogens with zero attached hydrogens (tertiary/aromatic N) is 2. The van der Waals surface area contributed by atoms with Crippen LogP contribution in [0.2, 0.25) is 0 Å². The van der Waals surface area contributed by atoms with Gasteiger partial charge >= 0.3 is 12.1 Å². The molecule has 2 fully saturated rings. The van der Waals surface area contributed by atoms with Crippen LogP contribution < -0.4 is 10.6 Å². The summed E-state index contributed by atoms with van der Waals surface area (Å²) in [6.45, 7) is 1.58. The molecule has 4 rings (SSSR count). The van der Waals surface area contributed by atoms with Crippen LogP contribution in [0.15, 0.2) is 34.7 Å². The van der Waals surface area contributed by atoms with Gasteiger partial charge in [-0.05, 0) is 19.1 Å². The Morgan fingerprint density at radius 2 is 2.00 bits per heavy atom. The minimum Gasteiger partial charge on any atom is -0.458 e. The van der Waals surface area contributed by atoms with Crippen molar-refractivity contribution in [2.75, 3.05) is 19.6 Å². The lowest BCUT2D eigenvalue weighted by Crippen LogP contribution is -2.45. The van der Waals surface area contributed by atoms with Gasteiger partial charge in [0.15, 0.2) is 5.54 Å². The summed E-state index contributed by atoms with van der Waals surface area (Å²) in [5.74, 6) is -0.933. The van der Waals surface area contributed by atoms with Crippen LogP contribution in [0.1, 0.15) is 12.7 Å². The fourth-order valence-corrected chi connectivity index (χ4v) is 3.17. The number of amides is 6. The first kappa shape index (κ1) is 16.1. The summed E-state index contributed by atoms with van der Waals surface area (Å²) in [4.78, 5) is 50.8. The summed E-state index contributed by atoms with van der Waals surface area (Å²) < 4.78 is 5.72. The molecule has 0 saturated carbocycles. The zero-order valence-corrected chi connectivity index (χ0v) is 13.9. The smallest absolute Gasteiger partial charge is 0.325 e. The summed E-state index contributed by atoms with van der Waals surface area (Å²) in [7, 11) is 0. The number of rotatable bonds is 3. The third-order valence-electron chi connectivity index (χ3n) is 4.64. The highest BCUT2D eigenvalue weighted by atomic mass is 16.3. The molecule has 0 aliphatic carbocycles. The number of para-hydroxylation sites is 1. The molecule has 1 unspecified atom stereocenters. The van der Waals surface area contributed by atoms with Crippen molar-refractivity contribution in [2.24, 2.45) is 0 Å². The van der Waals surface area contributed by atoms with Gasteiger partial charge in [-0.1, -0.05) is 18.2 Å². The summed E-state index contributed by atoms with van der Waals surface area (Å²) >= 11 is 0. The van der Waals surface area contributed by atoms with Gasteiger partial charge in [0.2, 0.25) is 0 Å². The number of hydrogen-bond acceptors (Lipinski definition) is 5. The second-order valence-corrected chi connectivity index (χ2v) is 6.37. The van der Waals surface area contributed by atoms with Crippen LogP contribution in [0.3, 0.4) is 0 Å². The van der Waals surface area contributed by atoms with Gasteiger partial charge in [0, 0.05) is 18.5 Å². The average molecular weight is 356 g/mol. The van der Waals surface area contributed by atoms with Crippen LogP contribution in [-0.4, -0.2) is 53.3 Å². The Balaban J connectivity index is 1.60. The van der Waals surface area contributed by atoms with E-state index in [1.54, 1.807) is 18.2 Å². The molecule has 6 amide bonds. The van der Waals surface area contributed by atoms with E-state index in [0.717, 1.165) is 15.2 Å². The molecule has 2 aliphatic heterocycles. The highest BCUT2D eigenvalue weighted by molar-refractivity contribution is 6.10. The number of nitrogens with one attached hydrogen (secondary N) is 2. The first-order valence-electron chi connectivity index (χ1n) is 8.11. The van der Waals surface area contributed by atoms with Crippen molar-refractivity contribution in [1.82, 2.24) is 20.4 Å².